The number of nitrogens with zero attached hydrogens (tertiary/aromatic N) is 2. The van der Waals surface area contributed by atoms with Crippen molar-refractivity contribution in [3.63, 3.8) is 0 Å². The van der Waals surface area contributed by atoms with Crippen molar-refractivity contribution in [3.05, 3.63) is 52.6 Å². The highest BCUT2D eigenvalue weighted by atomic mass is 79.9. The van der Waals surface area contributed by atoms with E-state index in [0.29, 0.717) is 0 Å². The van der Waals surface area contributed by atoms with Gasteiger partial charge >= 0.3 is 0 Å². The molecule has 4 rings (SSSR count). The molecular weight excluding hydrogens is 384 g/mol. The Hall–Kier alpha value is -1.85. The number of aromatic nitrogens is 2. The van der Waals surface area contributed by atoms with Crippen LogP contribution in [0.5, 0.6) is 5.75 Å². The number of thiazole rings is 1. The number of rotatable bonds is 4. The number of fused-ring (bicyclic) bond motifs is 3. The second kappa shape index (κ2) is 6.22. The van der Waals surface area contributed by atoms with E-state index in [4.69, 9.17) is 9.72 Å². The Morgan fingerprint density at radius 1 is 1.17 bits per heavy atom. The first kappa shape index (κ1) is 15.7. The van der Waals surface area contributed by atoms with Gasteiger partial charge in [0.15, 0.2) is 4.96 Å². The summed E-state index contributed by atoms with van der Waals surface area (Å²) in [6, 6.07) is 14.6. The van der Waals surface area contributed by atoms with Gasteiger partial charge < -0.3 is 4.74 Å². The number of hydrogen-bond acceptors (Lipinski definition) is 3. The Labute approximate surface area is 153 Å². The highest BCUT2D eigenvalue weighted by Gasteiger charge is 2.15. The smallest absolute Gasteiger partial charge is 0.195 e. The van der Waals surface area contributed by atoms with Gasteiger partial charge in [-0.1, -0.05) is 46.3 Å². The maximum atomic E-state index is 5.74. The molecule has 0 radical (unpaired) electrons. The molecule has 0 bridgehead atoms. The summed E-state index contributed by atoms with van der Waals surface area (Å²) >= 11 is 5.19. The second-order valence-electron chi connectivity index (χ2n) is 5.75. The van der Waals surface area contributed by atoms with Gasteiger partial charge in [-0.2, -0.15) is 0 Å². The summed E-state index contributed by atoms with van der Waals surface area (Å²) in [6.45, 7) is 5.00. The fourth-order valence-corrected chi connectivity index (χ4v) is 4.24. The number of imidazole rings is 1. The van der Waals surface area contributed by atoms with Crippen LogP contribution in [-0.2, 0) is 0 Å². The lowest BCUT2D eigenvalue weighted by atomic mass is 10.1. The zero-order valence-electron chi connectivity index (χ0n) is 13.5. The molecule has 24 heavy (non-hydrogen) atoms. The summed E-state index contributed by atoms with van der Waals surface area (Å²) in [4.78, 5) is 5.89. The third-order valence-electron chi connectivity index (χ3n) is 4.04. The molecule has 5 heteroatoms. The van der Waals surface area contributed by atoms with Crippen LogP contribution >= 0.6 is 27.3 Å². The van der Waals surface area contributed by atoms with E-state index in [2.05, 4.69) is 70.6 Å². The quantitative estimate of drug-likeness (QED) is 0.415. The Bertz CT molecular complexity index is 1020. The summed E-state index contributed by atoms with van der Waals surface area (Å²) in [6.07, 6.45) is 1.02. The van der Waals surface area contributed by atoms with Gasteiger partial charge in [0.25, 0.3) is 0 Å². The first-order valence-corrected chi connectivity index (χ1v) is 9.58. The van der Waals surface area contributed by atoms with Crippen LogP contribution in [0.4, 0.5) is 0 Å². The van der Waals surface area contributed by atoms with Crippen molar-refractivity contribution in [3.8, 4) is 17.0 Å². The van der Waals surface area contributed by atoms with E-state index in [1.807, 2.05) is 6.07 Å². The highest BCUT2D eigenvalue weighted by molar-refractivity contribution is 9.10. The molecule has 0 aliphatic heterocycles. The molecule has 0 aliphatic carbocycles. The van der Waals surface area contributed by atoms with E-state index >= 15 is 0 Å². The molecule has 0 fully saturated rings. The zero-order chi connectivity index (χ0) is 16.7. The Kier molecular flexibility index (Phi) is 4.06. The van der Waals surface area contributed by atoms with Crippen molar-refractivity contribution in [1.29, 1.82) is 0 Å². The normalized spacial score (nSPS) is 11.5. The molecule has 0 aliphatic rings. The summed E-state index contributed by atoms with van der Waals surface area (Å²) in [5, 5.41) is 0. The molecule has 0 unspecified atom stereocenters. The second-order valence-corrected chi connectivity index (χ2v) is 7.68. The van der Waals surface area contributed by atoms with Crippen molar-refractivity contribution in [2.75, 3.05) is 6.61 Å². The summed E-state index contributed by atoms with van der Waals surface area (Å²) in [7, 11) is 0. The fraction of sp³-hybridized carbons (Fsp3) is 0.211. The van der Waals surface area contributed by atoms with Crippen LogP contribution in [-0.4, -0.2) is 16.0 Å². The molecular formula is C19H17BrN2OS. The van der Waals surface area contributed by atoms with Crippen molar-refractivity contribution in [2.45, 2.75) is 20.3 Å². The average molecular weight is 401 g/mol. The molecule has 0 N–H and O–H groups in total. The van der Waals surface area contributed by atoms with Gasteiger partial charge in [-0.3, -0.25) is 4.40 Å². The first-order valence-electron chi connectivity index (χ1n) is 7.97. The van der Waals surface area contributed by atoms with Gasteiger partial charge in [0.05, 0.1) is 22.5 Å². The minimum Gasteiger partial charge on any atom is -0.494 e. The predicted octanol–water partition coefficient (Wildman–Crippen LogP) is 6.08. The SMILES string of the molecule is CCCOc1ccc2c(c1)sc1nc(-c3ccc(Br)cc3)c(C)n12. The standard InChI is InChI=1S/C19H17BrN2OS/c1-3-10-23-15-8-9-16-17(11-15)24-19-21-18(12(2)22(16)19)13-4-6-14(20)7-5-13/h4-9,11H,3,10H2,1-2H3. The molecule has 0 spiro atoms. The van der Waals surface area contributed by atoms with Crippen molar-refractivity contribution < 1.29 is 4.74 Å². The van der Waals surface area contributed by atoms with Crippen LogP contribution in [0.25, 0.3) is 26.4 Å². The van der Waals surface area contributed by atoms with Gasteiger partial charge in [-0.15, -0.1) is 0 Å². The lowest BCUT2D eigenvalue weighted by Crippen LogP contribution is -1.94. The highest BCUT2D eigenvalue weighted by Crippen LogP contribution is 2.34. The number of halogens is 1. The maximum absolute atomic E-state index is 5.74. The third kappa shape index (κ3) is 2.62. The molecule has 0 atom stereocenters. The molecule has 2 heterocycles. The number of hydrogen-bond donors (Lipinski definition) is 0. The third-order valence-corrected chi connectivity index (χ3v) is 5.57. The molecule has 0 amide bonds. The van der Waals surface area contributed by atoms with Crippen molar-refractivity contribution in [2.24, 2.45) is 0 Å². The van der Waals surface area contributed by atoms with E-state index < -0.39 is 0 Å². The van der Waals surface area contributed by atoms with E-state index in [1.165, 1.54) is 15.9 Å². The largest absolute Gasteiger partial charge is 0.494 e. The summed E-state index contributed by atoms with van der Waals surface area (Å²) < 4.78 is 10.3. The topological polar surface area (TPSA) is 26.5 Å². The van der Waals surface area contributed by atoms with Gasteiger partial charge in [-0.25, -0.2) is 4.98 Å². The van der Waals surface area contributed by atoms with E-state index in [0.717, 1.165) is 39.5 Å². The molecule has 0 saturated carbocycles. The number of benzene rings is 2. The van der Waals surface area contributed by atoms with Crippen molar-refractivity contribution >= 4 is 42.4 Å². The van der Waals surface area contributed by atoms with Gasteiger partial charge in [-0.05, 0) is 43.7 Å². The Morgan fingerprint density at radius 2 is 1.96 bits per heavy atom. The van der Waals surface area contributed by atoms with E-state index in [9.17, 15) is 0 Å². The number of aryl methyl sites for hydroxylation is 1. The minimum absolute atomic E-state index is 0.751. The predicted molar refractivity (Wildman–Crippen MR) is 104 cm³/mol. The maximum Gasteiger partial charge on any atom is 0.195 e. The van der Waals surface area contributed by atoms with Crippen LogP contribution < -0.4 is 4.74 Å². The van der Waals surface area contributed by atoms with Crippen molar-refractivity contribution in [1.82, 2.24) is 9.38 Å². The molecule has 0 saturated heterocycles. The number of ether oxygens (including phenoxy) is 1. The van der Waals surface area contributed by atoms with Gasteiger partial charge in [0.1, 0.15) is 5.75 Å². The zero-order valence-corrected chi connectivity index (χ0v) is 15.9. The van der Waals surface area contributed by atoms with Crippen LogP contribution in [0.1, 0.15) is 19.0 Å². The average Bonchev–Trinajstić information content (AvgIpc) is 3.10. The molecule has 3 nitrogen and oxygen atoms in total. The van der Waals surface area contributed by atoms with Crippen LogP contribution in [0.3, 0.4) is 0 Å². The molecule has 122 valence electrons. The first-order chi connectivity index (χ1) is 11.7. The van der Waals surface area contributed by atoms with Gasteiger partial charge in [0.2, 0.25) is 0 Å². The van der Waals surface area contributed by atoms with Crippen LogP contribution in [0.15, 0.2) is 46.9 Å². The summed E-state index contributed by atoms with van der Waals surface area (Å²) in [5.41, 5.74) is 4.54. The van der Waals surface area contributed by atoms with E-state index in [-0.39, 0.29) is 0 Å². The lowest BCUT2D eigenvalue weighted by Gasteiger charge is -2.04. The van der Waals surface area contributed by atoms with Crippen LogP contribution in [0, 0.1) is 6.92 Å². The monoisotopic (exact) mass is 400 g/mol. The lowest BCUT2D eigenvalue weighted by molar-refractivity contribution is 0.318. The summed E-state index contributed by atoms with van der Waals surface area (Å²) in [5.74, 6) is 0.930. The van der Waals surface area contributed by atoms with E-state index in [1.54, 1.807) is 11.3 Å². The molecule has 2 aromatic heterocycles. The Balaban J connectivity index is 1.83. The molecule has 2 aromatic carbocycles. The fourth-order valence-electron chi connectivity index (χ4n) is 2.88. The molecule has 4 aromatic rings. The minimum atomic E-state index is 0.751. The van der Waals surface area contributed by atoms with Crippen LogP contribution in [0.2, 0.25) is 0 Å². The van der Waals surface area contributed by atoms with Gasteiger partial charge in [0, 0.05) is 15.7 Å². The Morgan fingerprint density at radius 3 is 2.71 bits per heavy atom.